The molecule has 0 saturated heterocycles. The quantitative estimate of drug-likeness (QED) is 0.707. The zero-order chi connectivity index (χ0) is 15.0. The number of fused-ring (bicyclic) bond motifs is 1. The van der Waals surface area contributed by atoms with Gasteiger partial charge in [0.15, 0.2) is 17.3 Å². The van der Waals surface area contributed by atoms with Crippen molar-refractivity contribution >= 4 is 39.1 Å². The van der Waals surface area contributed by atoms with Gasteiger partial charge < -0.3 is 9.47 Å². The predicted molar refractivity (Wildman–Crippen MR) is 85.6 cm³/mol. The van der Waals surface area contributed by atoms with Crippen LogP contribution in [0.3, 0.4) is 0 Å². The van der Waals surface area contributed by atoms with E-state index >= 15 is 0 Å². The van der Waals surface area contributed by atoms with Crippen LogP contribution in [0.2, 0.25) is 10.2 Å². The minimum absolute atomic E-state index is 0.378. The highest BCUT2D eigenvalue weighted by molar-refractivity contribution is 9.10. The highest BCUT2D eigenvalue weighted by atomic mass is 79.9. The maximum atomic E-state index is 6.24. The van der Waals surface area contributed by atoms with E-state index in [1.807, 2.05) is 13.0 Å². The van der Waals surface area contributed by atoms with Crippen molar-refractivity contribution in [2.75, 3.05) is 13.2 Å². The van der Waals surface area contributed by atoms with Gasteiger partial charge in [-0.05, 0) is 34.5 Å². The third kappa shape index (κ3) is 2.82. The Balaban J connectivity index is 2.13. The van der Waals surface area contributed by atoms with Crippen LogP contribution < -0.4 is 9.47 Å². The van der Waals surface area contributed by atoms with Crippen molar-refractivity contribution in [1.29, 1.82) is 0 Å². The van der Waals surface area contributed by atoms with Crippen molar-refractivity contribution in [2.45, 2.75) is 13.3 Å². The van der Waals surface area contributed by atoms with Crippen molar-refractivity contribution < 1.29 is 9.47 Å². The Hall–Kier alpha value is -1.04. The van der Waals surface area contributed by atoms with Crippen LogP contribution in [0.15, 0.2) is 16.6 Å². The molecular formula is C14H11BrCl2N2O2. The zero-order valence-corrected chi connectivity index (χ0v) is 14.2. The van der Waals surface area contributed by atoms with E-state index in [0.717, 1.165) is 22.2 Å². The SMILES string of the molecule is CCc1nc(-c2cc(Cl)c3c(c2)OCCO3)nc(Cl)c1Br. The molecule has 7 heteroatoms. The van der Waals surface area contributed by atoms with E-state index in [4.69, 9.17) is 32.7 Å². The lowest BCUT2D eigenvalue weighted by Crippen LogP contribution is -2.15. The molecule has 1 aromatic heterocycles. The summed E-state index contributed by atoms with van der Waals surface area (Å²) in [4.78, 5) is 8.81. The molecular weight excluding hydrogens is 379 g/mol. The molecule has 0 radical (unpaired) electrons. The van der Waals surface area contributed by atoms with Crippen LogP contribution >= 0.6 is 39.1 Å². The van der Waals surface area contributed by atoms with Crippen LogP contribution in [0.25, 0.3) is 11.4 Å². The lowest BCUT2D eigenvalue weighted by molar-refractivity contribution is 0.172. The Morgan fingerprint density at radius 3 is 2.71 bits per heavy atom. The average Bonchev–Trinajstić information content (AvgIpc) is 2.50. The Labute approximate surface area is 140 Å². The van der Waals surface area contributed by atoms with Gasteiger partial charge in [0.25, 0.3) is 0 Å². The summed E-state index contributed by atoms with van der Waals surface area (Å²) in [5.74, 6) is 1.67. The number of ether oxygens (including phenoxy) is 2. The first-order chi connectivity index (χ1) is 10.1. The lowest BCUT2D eigenvalue weighted by Gasteiger charge is -2.20. The van der Waals surface area contributed by atoms with E-state index in [0.29, 0.717) is 40.7 Å². The second-order valence-corrected chi connectivity index (χ2v) is 5.99. The number of halogens is 3. The molecule has 0 amide bonds. The zero-order valence-electron chi connectivity index (χ0n) is 11.1. The molecule has 0 aliphatic carbocycles. The van der Waals surface area contributed by atoms with Crippen LogP contribution in [0, 0.1) is 0 Å². The van der Waals surface area contributed by atoms with Crippen LogP contribution in [0.5, 0.6) is 11.5 Å². The highest BCUT2D eigenvalue weighted by Gasteiger charge is 2.19. The lowest BCUT2D eigenvalue weighted by atomic mass is 10.1. The molecule has 0 unspecified atom stereocenters. The van der Waals surface area contributed by atoms with Crippen LogP contribution in [0.4, 0.5) is 0 Å². The summed E-state index contributed by atoms with van der Waals surface area (Å²) in [6.07, 6.45) is 0.744. The number of rotatable bonds is 2. The molecule has 4 nitrogen and oxygen atoms in total. The molecule has 2 heterocycles. The van der Waals surface area contributed by atoms with Crippen molar-refractivity contribution in [1.82, 2.24) is 9.97 Å². The molecule has 2 aromatic rings. The van der Waals surface area contributed by atoms with Gasteiger partial charge in [-0.15, -0.1) is 0 Å². The number of aromatic nitrogens is 2. The molecule has 0 spiro atoms. The van der Waals surface area contributed by atoms with E-state index in [9.17, 15) is 0 Å². The number of hydrogen-bond acceptors (Lipinski definition) is 4. The summed E-state index contributed by atoms with van der Waals surface area (Å²) < 4.78 is 11.8. The maximum absolute atomic E-state index is 6.24. The van der Waals surface area contributed by atoms with Crippen molar-refractivity contribution in [2.24, 2.45) is 0 Å². The molecule has 1 aliphatic rings. The molecule has 110 valence electrons. The van der Waals surface area contributed by atoms with Gasteiger partial charge in [0, 0.05) is 5.56 Å². The van der Waals surface area contributed by atoms with E-state index in [2.05, 4.69) is 25.9 Å². The van der Waals surface area contributed by atoms with Crippen molar-refractivity contribution in [3.63, 3.8) is 0 Å². The van der Waals surface area contributed by atoms with Crippen molar-refractivity contribution in [3.05, 3.63) is 32.5 Å². The standard InChI is InChI=1S/C14H11BrCl2N2O2/c1-2-9-11(15)13(17)19-14(18-9)7-5-8(16)12-10(6-7)20-3-4-21-12/h5-6H,2-4H2,1H3. The van der Waals surface area contributed by atoms with E-state index < -0.39 is 0 Å². The first kappa shape index (κ1) is 14.9. The first-order valence-electron chi connectivity index (χ1n) is 6.41. The Morgan fingerprint density at radius 2 is 1.95 bits per heavy atom. The second kappa shape index (κ2) is 5.99. The smallest absolute Gasteiger partial charge is 0.179 e. The number of benzene rings is 1. The van der Waals surface area contributed by atoms with Gasteiger partial charge in [0.1, 0.15) is 18.4 Å². The van der Waals surface area contributed by atoms with Gasteiger partial charge in [-0.2, -0.15) is 0 Å². The largest absolute Gasteiger partial charge is 0.486 e. The molecule has 0 bridgehead atoms. The summed E-state index contributed by atoms with van der Waals surface area (Å²) in [6.45, 7) is 2.99. The number of aryl methyl sites for hydroxylation is 1. The topological polar surface area (TPSA) is 44.2 Å². The van der Waals surface area contributed by atoms with Crippen molar-refractivity contribution in [3.8, 4) is 22.9 Å². The Bertz CT molecular complexity index is 710. The summed E-state index contributed by atoms with van der Waals surface area (Å²) in [5, 5.41) is 0.853. The van der Waals surface area contributed by atoms with E-state index in [1.54, 1.807) is 6.07 Å². The molecule has 1 aliphatic heterocycles. The molecule has 0 atom stereocenters. The molecule has 0 N–H and O–H groups in total. The fraction of sp³-hybridized carbons (Fsp3) is 0.286. The summed E-state index contributed by atoms with van der Waals surface area (Å²) in [7, 11) is 0. The summed E-state index contributed by atoms with van der Waals surface area (Å²) >= 11 is 15.8. The molecule has 0 saturated carbocycles. The number of hydrogen-bond donors (Lipinski definition) is 0. The van der Waals surface area contributed by atoms with Gasteiger partial charge in [-0.3, -0.25) is 0 Å². The Morgan fingerprint density at radius 1 is 1.19 bits per heavy atom. The minimum atomic E-state index is 0.378. The minimum Gasteiger partial charge on any atom is -0.486 e. The van der Waals surface area contributed by atoms with E-state index in [-0.39, 0.29) is 0 Å². The third-order valence-corrected chi connectivity index (χ3v) is 4.69. The fourth-order valence-corrected chi connectivity index (χ4v) is 2.98. The Kier molecular flexibility index (Phi) is 4.24. The van der Waals surface area contributed by atoms with E-state index in [1.165, 1.54) is 0 Å². The number of nitrogens with zero attached hydrogens (tertiary/aromatic N) is 2. The first-order valence-corrected chi connectivity index (χ1v) is 7.96. The summed E-state index contributed by atoms with van der Waals surface area (Å²) in [6, 6.07) is 3.58. The van der Waals surface area contributed by atoms with Crippen LogP contribution in [-0.4, -0.2) is 23.2 Å². The van der Waals surface area contributed by atoms with Crippen LogP contribution in [-0.2, 0) is 6.42 Å². The van der Waals surface area contributed by atoms with Gasteiger partial charge in [-0.1, -0.05) is 30.1 Å². The monoisotopic (exact) mass is 388 g/mol. The van der Waals surface area contributed by atoms with Gasteiger partial charge >= 0.3 is 0 Å². The molecule has 21 heavy (non-hydrogen) atoms. The second-order valence-electron chi connectivity index (χ2n) is 4.43. The van der Waals surface area contributed by atoms with Gasteiger partial charge in [0.2, 0.25) is 0 Å². The highest BCUT2D eigenvalue weighted by Crippen LogP contribution is 2.41. The van der Waals surface area contributed by atoms with Gasteiger partial charge in [-0.25, -0.2) is 9.97 Å². The molecule has 1 aromatic carbocycles. The normalized spacial score (nSPS) is 13.3. The predicted octanol–water partition coefficient (Wildman–Crippen LogP) is 4.55. The molecule has 3 rings (SSSR count). The average molecular weight is 390 g/mol. The third-order valence-electron chi connectivity index (χ3n) is 3.07. The van der Waals surface area contributed by atoms with Gasteiger partial charge in [0.05, 0.1) is 15.2 Å². The molecule has 0 fully saturated rings. The fourth-order valence-electron chi connectivity index (χ4n) is 2.07. The summed E-state index contributed by atoms with van der Waals surface area (Å²) in [5.41, 5.74) is 1.59. The van der Waals surface area contributed by atoms with Crippen LogP contribution in [0.1, 0.15) is 12.6 Å². The maximum Gasteiger partial charge on any atom is 0.179 e.